The lowest BCUT2D eigenvalue weighted by atomic mass is 9.98. The van der Waals surface area contributed by atoms with Crippen LogP contribution in [0.2, 0.25) is 10.2 Å². The molecule has 0 radical (unpaired) electrons. The highest BCUT2D eigenvalue weighted by atomic mass is 35.5. The van der Waals surface area contributed by atoms with Crippen molar-refractivity contribution in [2.75, 3.05) is 75.8 Å². The third kappa shape index (κ3) is 7.14. The molecule has 10 nitrogen and oxygen atoms in total. The monoisotopic (exact) mass is 622 g/mol. The molecule has 3 saturated heterocycles. The normalized spacial score (nSPS) is 22.7. The van der Waals surface area contributed by atoms with Gasteiger partial charge in [0.15, 0.2) is 22.5 Å². The Morgan fingerprint density at radius 2 is 1.68 bits per heavy atom. The zero-order valence-corrected chi connectivity index (χ0v) is 26.2. The smallest absolute Gasteiger partial charge is 0.276 e. The van der Waals surface area contributed by atoms with E-state index in [-0.39, 0.29) is 22.6 Å². The Hall–Kier alpha value is -2.02. The van der Waals surface area contributed by atoms with Crippen molar-refractivity contribution in [3.63, 3.8) is 0 Å². The maximum Gasteiger partial charge on any atom is 0.276 e. The number of anilines is 2. The lowest BCUT2D eigenvalue weighted by molar-refractivity contribution is 0.0610. The van der Waals surface area contributed by atoms with Crippen LogP contribution in [0.5, 0.6) is 0 Å². The van der Waals surface area contributed by atoms with E-state index in [1.807, 2.05) is 16.4 Å². The first-order valence-corrected chi connectivity index (χ1v) is 16.7. The zero-order valence-electron chi connectivity index (χ0n) is 23.8. The maximum absolute atomic E-state index is 13.2. The molecule has 0 bridgehead atoms. The van der Waals surface area contributed by atoms with E-state index in [2.05, 4.69) is 43.7 Å². The van der Waals surface area contributed by atoms with Gasteiger partial charge in [-0.25, -0.2) is 18.5 Å². The molecule has 0 spiro atoms. The highest BCUT2D eigenvalue weighted by Crippen LogP contribution is 2.30. The number of hydrogen-bond donors (Lipinski definition) is 1. The van der Waals surface area contributed by atoms with Gasteiger partial charge in [-0.15, -0.1) is 0 Å². The first-order valence-electron chi connectivity index (χ1n) is 14.4. The second-order valence-corrected chi connectivity index (χ2v) is 13.3. The second kappa shape index (κ2) is 13.5. The SMILES string of the molecule is CC[C@H]1CN(c2nc(N)c(C(=O)N3CCN(S(C)=O)CC3)nc2Cl)CCN1C1CCN(Cc2ccc(Cl)cc2)CC1. The number of aromatic nitrogens is 2. The van der Waals surface area contributed by atoms with Crippen molar-refractivity contribution < 1.29 is 9.00 Å². The van der Waals surface area contributed by atoms with Crippen LogP contribution < -0.4 is 10.6 Å². The van der Waals surface area contributed by atoms with Gasteiger partial charge in [0.05, 0.1) is 11.0 Å². The number of amides is 1. The molecule has 1 aromatic carbocycles. The Morgan fingerprint density at radius 3 is 2.32 bits per heavy atom. The summed E-state index contributed by atoms with van der Waals surface area (Å²) in [5, 5.41) is 0.980. The molecule has 3 aliphatic heterocycles. The van der Waals surface area contributed by atoms with E-state index in [1.165, 1.54) is 5.56 Å². The Labute approximate surface area is 255 Å². The van der Waals surface area contributed by atoms with Crippen LogP contribution in [-0.4, -0.2) is 116 Å². The van der Waals surface area contributed by atoms with Gasteiger partial charge in [-0.05, 0) is 50.0 Å². The molecule has 3 aliphatic rings. The third-order valence-corrected chi connectivity index (χ3v) is 10.2. The molecule has 41 heavy (non-hydrogen) atoms. The zero-order chi connectivity index (χ0) is 29.1. The highest BCUT2D eigenvalue weighted by Gasteiger charge is 2.35. The van der Waals surface area contributed by atoms with Gasteiger partial charge in [-0.3, -0.25) is 14.6 Å². The number of nitrogens with two attached hydrogens (primary N) is 1. The minimum absolute atomic E-state index is 0.0841. The van der Waals surface area contributed by atoms with Crippen LogP contribution in [0.25, 0.3) is 0 Å². The van der Waals surface area contributed by atoms with Crippen molar-refractivity contribution in [2.45, 2.75) is 44.8 Å². The number of piperidine rings is 1. The fraction of sp³-hybridized carbons (Fsp3) is 0.607. The van der Waals surface area contributed by atoms with E-state index in [0.717, 1.165) is 63.6 Å². The fourth-order valence-corrected chi connectivity index (χ4v) is 7.29. The van der Waals surface area contributed by atoms with E-state index in [0.29, 0.717) is 44.1 Å². The molecule has 1 aromatic heterocycles. The molecule has 0 saturated carbocycles. The van der Waals surface area contributed by atoms with Crippen molar-refractivity contribution in [1.29, 1.82) is 0 Å². The summed E-state index contributed by atoms with van der Waals surface area (Å²) in [5.74, 6) is 0.353. The van der Waals surface area contributed by atoms with Gasteiger partial charge in [0.25, 0.3) is 5.91 Å². The van der Waals surface area contributed by atoms with Gasteiger partial charge < -0.3 is 15.5 Å². The Kier molecular flexibility index (Phi) is 10.0. The summed E-state index contributed by atoms with van der Waals surface area (Å²) in [4.78, 5) is 31.2. The summed E-state index contributed by atoms with van der Waals surface area (Å²) < 4.78 is 13.6. The molecule has 4 heterocycles. The Bertz CT molecular complexity index is 1240. The van der Waals surface area contributed by atoms with E-state index in [1.54, 1.807) is 11.2 Å². The van der Waals surface area contributed by atoms with E-state index < -0.39 is 11.0 Å². The molecule has 5 rings (SSSR count). The number of carbonyl (C=O) groups is 1. The highest BCUT2D eigenvalue weighted by molar-refractivity contribution is 7.81. The molecule has 224 valence electrons. The molecule has 3 fully saturated rings. The summed E-state index contributed by atoms with van der Waals surface area (Å²) >= 11 is 12.7. The number of carbonyl (C=O) groups excluding carboxylic acids is 1. The molecule has 2 atom stereocenters. The number of likely N-dealkylation sites (tertiary alicyclic amines) is 1. The topological polar surface area (TPSA) is 102 Å². The molecular weight excluding hydrogens is 583 g/mol. The first-order chi connectivity index (χ1) is 19.7. The molecule has 0 aliphatic carbocycles. The van der Waals surface area contributed by atoms with Crippen molar-refractivity contribution >= 4 is 51.7 Å². The predicted molar refractivity (Wildman–Crippen MR) is 166 cm³/mol. The summed E-state index contributed by atoms with van der Waals surface area (Å²) in [6, 6.07) is 9.08. The van der Waals surface area contributed by atoms with E-state index in [9.17, 15) is 9.00 Å². The predicted octanol–water partition coefficient (Wildman–Crippen LogP) is 2.98. The largest absolute Gasteiger partial charge is 0.382 e. The van der Waals surface area contributed by atoms with Crippen molar-refractivity contribution in [3.05, 3.63) is 45.7 Å². The number of halogens is 2. The van der Waals surface area contributed by atoms with Crippen LogP contribution in [0.4, 0.5) is 11.6 Å². The second-order valence-electron chi connectivity index (χ2n) is 11.1. The molecule has 1 unspecified atom stereocenters. The lowest BCUT2D eigenvalue weighted by Gasteiger charge is -2.47. The number of nitrogen functional groups attached to an aromatic ring is 1. The van der Waals surface area contributed by atoms with Gasteiger partial charge in [-0.1, -0.05) is 42.3 Å². The van der Waals surface area contributed by atoms with Crippen LogP contribution in [-0.2, 0) is 17.5 Å². The number of piperazine rings is 2. The average molecular weight is 624 g/mol. The van der Waals surface area contributed by atoms with Crippen molar-refractivity contribution in [2.24, 2.45) is 0 Å². The minimum Gasteiger partial charge on any atom is -0.382 e. The fourth-order valence-electron chi connectivity index (χ4n) is 6.24. The third-order valence-electron chi connectivity index (χ3n) is 8.60. The number of rotatable bonds is 7. The summed E-state index contributed by atoms with van der Waals surface area (Å²) in [6.45, 7) is 9.83. The molecule has 2 aromatic rings. The average Bonchev–Trinajstić information content (AvgIpc) is 2.99. The van der Waals surface area contributed by atoms with Gasteiger partial charge in [0.1, 0.15) is 0 Å². The molecular formula is C28H40Cl2N8O2S. The van der Waals surface area contributed by atoms with Crippen LogP contribution in [0.1, 0.15) is 42.2 Å². The van der Waals surface area contributed by atoms with Crippen molar-refractivity contribution in [1.82, 2.24) is 29.0 Å². The Balaban J connectivity index is 1.18. The molecule has 1 amide bonds. The van der Waals surface area contributed by atoms with Gasteiger partial charge in [0, 0.05) is 75.7 Å². The van der Waals surface area contributed by atoms with E-state index in [4.69, 9.17) is 28.9 Å². The standard InChI is InChI=1S/C28H40Cl2N8O2S/c1-3-22-19-36(14-17-38(22)23-8-10-34(11-9-23)18-20-4-6-21(29)7-5-20)27-25(30)32-24(26(31)33-27)28(39)35-12-15-37(16-13-35)41(2)40/h4-7,22-23H,3,8-19H2,1-2H3,(H2,31,33)/t22-,41?/m0/s1. The van der Waals surface area contributed by atoms with Crippen molar-refractivity contribution in [3.8, 4) is 0 Å². The lowest BCUT2D eigenvalue weighted by Crippen LogP contribution is -2.58. The summed E-state index contributed by atoms with van der Waals surface area (Å²) in [6.07, 6.45) is 4.97. The Morgan fingerprint density at radius 1 is 1.00 bits per heavy atom. The summed E-state index contributed by atoms with van der Waals surface area (Å²) in [7, 11) is -1.05. The molecule has 2 N–H and O–H groups in total. The van der Waals surface area contributed by atoms with Crippen LogP contribution in [0.3, 0.4) is 0 Å². The minimum atomic E-state index is -1.05. The quantitative estimate of drug-likeness (QED) is 0.503. The van der Waals surface area contributed by atoms with Gasteiger partial charge >= 0.3 is 0 Å². The maximum atomic E-state index is 13.2. The molecule has 13 heteroatoms. The van der Waals surface area contributed by atoms with Gasteiger partial charge in [-0.2, -0.15) is 0 Å². The van der Waals surface area contributed by atoms with Crippen LogP contribution in [0.15, 0.2) is 24.3 Å². The first kappa shape index (κ1) is 30.4. The van der Waals surface area contributed by atoms with Crippen LogP contribution >= 0.6 is 23.2 Å². The van der Waals surface area contributed by atoms with Gasteiger partial charge in [0.2, 0.25) is 0 Å². The summed E-state index contributed by atoms with van der Waals surface area (Å²) in [5.41, 5.74) is 7.66. The number of nitrogens with zero attached hydrogens (tertiary/aromatic N) is 7. The van der Waals surface area contributed by atoms with Crippen LogP contribution in [0, 0.1) is 0 Å². The number of benzene rings is 1. The number of hydrogen-bond acceptors (Lipinski definition) is 8. The van der Waals surface area contributed by atoms with E-state index >= 15 is 0 Å².